The van der Waals surface area contributed by atoms with E-state index in [0.717, 1.165) is 31.7 Å². The Hall–Kier alpha value is -2.29. The first-order valence-corrected chi connectivity index (χ1v) is 8.39. The van der Waals surface area contributed by atoms with Gasteiger partial charge in [0.2, 0.25) is 5.91 Å². The Morgan fingerprint density at radius 2 is 2.00 bits per heavy atom. The second-order valence-corrected chi connectivity index (χ2v) is 6.09. The lowest BCUT2D eigenvalue weighted by atomic mass is 10.2. The summed E-state index contributed by atoms with van der Waals surface area (Å²) >= 11 is 0. The molecule has 120 valence electrons. The SMILES string of the molecule is CCN(CCC(=O)N1CCc2ccccc21)c1cccc(C)c1. The third-order valence-electron chi connectivity index (χ3n) is 4.53. The van der Waals surface area contributed by atoms with Crippen molar-refractivity contribution in [2.75, 3.05) is 29.4 Å². The highest BCUT2D eigenvalue weighted by Gasteiger charge is 2.24. The van der Waals surface area contributed by atoms with E-state index in [0.29, 0.717) is 6.42 Å². The highest BCUT2D eigenvalue weighted by atomic mass is 16.2. The fraction of sp³-hybridized carbons (Fsp3) is 0.350. The van der Waals surface area contributed by atoms with Crippen LogP contribution in [-0.4, -0.2) is 25.5 Å². The second-order valence-electron chi connectivity index (χ2n) is 6.09. The van der Waals surface area contributed by atoms with Gasteiger partial charge in [0.1, 0.15) is 0 Å². The van der Waals surface area contributed by atoms with Crippen LogP contribution in [0, 0.1) is 6.92 Å². The van der Waals surface area contributed by atoms with Crippen molar-refractivity contribution in [3.8, 4) is 0 Å². The summed E-state index contributed by atoms with van der Waals surface area (Å²) in [5.74, 6) is 0.223. The first kappa shape index (κ1) is 15.6. The summed E-state index contributed by atoms with van der Waals surface area (Å²) in [4.78, 5) is 16.8. The molecular weight excluding hydrogens is 284 g/mol. The maximum atomic E-state index is 12.6. The van der Waals surface area contributed by atoms with Gasteiger partial charge in [-0.05, 0) is 49.6 Å². The first-order valence-electron chi connectivity index (χ1n) is 8.39. The molecule has 1 heterocycles. The number of aryl methyl sites for hydroxylation is 1. The molecule has 0 aliphatic carbocycles. The van der Waals surface area contributed by atoms with E-state index in [1.165, 1.54) is 16.8 Å². The van der Waals surface area contributed by atoms with Crippen LogP contribution in [-0.2, 0) is 11.2 Å². The zero-order chi connectivity index (χ0) is 16.2. The van der Waals surface area contributed by atoms with Crippen molar-refractivity contribution in [3.63, 3.8) is 0 Å². The van der Waals surface area contributed by atoms with E-state index in [2.05, 4.69) is 55.1 Å². The minimum Gasteiger partial charge on any atom is -0.371 e. The number of hydrogen-bond acceptors (Lipinski definition) is 2. The average molecular weight is 308 g/mol. The van der Waals surface area contributed by atoms with Crippen molar-refractivity contribution in [3.05, 3.63) is 59.7 Å². The van der Waals surface area contributed by atoms with Gasteiger partial charge < -0.3 is 9.80 Å². The van der Waals surface area contributed by atoms with Crippen molar-refractivity contribution in [2.45, 2.75) is 26.7 Å². The van der Waals surface area contributed by atoms with Gasteiger partial charge >= 0.3 is 0 Å². The van der Waals surface area contributed by atoms with Crippen LogP contribution in [0.3, 0.4) is 0 Å². The van der Waals surface area contributed by atoms with Gasteiger partial charge in [0.25, 0.3) is 0 Å². The Kier molecular flexibility index (Phi) is 4.65. The largest absolute Gasteiger partial charge is 0.371 e. The zero-order valence-electron chi connectivity index (χ0n) is 14.0. The molecule has 0 radical (unpaired) electrons. The van der Waals surface area contributed by atoms with Crippen LogP contribution in [0.2, 0.25) is 0 Å². The molecule has 0 bridgehead atoms. The highest BCUT2D eigenvalue weighted by Crippen LogP contribution is 2.28. The number of hydrogen-bond donors (Lipinski definition) is 0. The molecule has 1 aliphatic rings. The smallest absolute Gasteiger partial charge is 0.228 e. The van der Waals surface area contributed by atoms with Gasteiger partial charge in [-0.1, -0.05) is 30.3 Å². The van der Waals surface area contributed by atoms with Gasteiger partial charge in [-0.25, -0.2) is 0 Å². The molecule has 3 nitrogen and oxygen atoms in total. The lowest BCUT2D eigenvalue weighted by molar-refractivity contribution is -0.118. The van der Waals surface area contributed by atoms with Crippen LogP contribution < -0.4 is 9.80 Å². The number of anilines is 2. The molecule has 23 heavy (non-hydrogen) atoms. The molecule has 2 aromatic rings. The maximum Gasteiger partial charge on any atom is 0.228 e. The molecule has 3 heteroatoms. The van der Waals surface area contributed by atoms with E-state index >= 15 is 0 Å². The molecule has 1 aliphatic heterocycles. The van der Waals surface area contributed by atoms with Gasteiger partial charge in [0, 0.05) is 37.4 Å². The lowest BCUT2D eigenvalue weighted by Crippen LogP contribution is -2.33. The Balaban J connectivity index is 1.65. The standard InChI is InChI=1S/C20H24N2O/c1-3-21(18-9-6-7-16(2)15-18)13-12-20(23)22-14-11-17-8-4-5-10-19(17)22/h4-10,15H,3,11-14H2,1-2H3. The van der Waals surface area contributed by atoms with Crippen molar-refractivity contribution in [1.29, 1.82) is 0 Å². The van der Waals surface area contributed by atoms with Crippen LogP contribution in [0.5, 0.6) is 0 Å². The second kappa shape index (κ2) is 6.86. The number of para-hydroxylation sites is 1. The predicted molar refractivity (Wildman–Crippen MR) is 96.2 cm³/mol. The van der Waals surface area contributed by atoms with E-state index in [1.54, 1.807) is 0 Å². The molecule has 0 spiro atoms. The molecule has 0 unspecified atom stereocenters. The normalized spacial score (nSPS) is 13.0. The minimum absolute atomic E-state index is 0.223. The van der Waals surface area contributed by atoms with Crippen LogP contribution in [0.1, 0.15) is 24.5 Å². The lowest BCUT2D eigenvalue weighted by Gasteiger charge is -2.25. The van der Waals surface area contributed by atoms with Crippen LogP contribution in [0.15, 0.2) is 48.5 Å². The Morgan fingerprint density at radius 3 is 2.78 bits per heavy atom. The molecule has 1 amide bonds. The van der Waals surface area contributed by atoms with E-state index in [9.17, 15) is 4.79 Å². The fourth-order valence-corrected chi connectivity index (χ4v) is 3.26. The predicted octanol–water partition coefficient (Wildman–Crippen LogP) is 3.80. The molecule has 0 saturated heterocycles. The van der Waals surface area contributed by atoms with Gasteiger partial charge in [-0.2, -0.15) is 0 Å². The minimum atomic E-state index is 0.223. The monoisotopic (exact) mass is 308 g/mol. The number of carbonyl (C=O) groups excluding carboxylic acids is 1. The molecule has 0 N–H and O–H groups in total. The van der Waals surface area contributed by atoms with E-state index in [-0.39, 0.29) is 5.91 Å². The molecule has 3 rings (SSSR count). The summed E-state index contributed by atoms with van der Waals surface area (Å²) in [6.07, 6.45) is 1.52. The molecule has 0 atom stereocenters. The summed E-state index contributed by atoms with van der Waals surface area (Å²) in [7, 11) is 0. The highest BCUT2D eigenvalue weighted by molar-refractivity contribution is 5.95. The van der Waals surface area contributed by atoms with Gasteiger partial charge in [-0.15, -0.1) is 0 Å². The topological polar surface area (TPSA) is 23.6 Å². The molecule has 0 aromatic heterocycles. The first-order chi connectivity index (χ1) is 11.2. The van der Waals surface area contributed by atoms with Gasteiger partial charge in [-0.3, -0.25) is 4.79 Å². The van der Waals surface area contributed by atoms with E-state index in [1.807, 2.05) is 17.0 Å². The maximum absolute atomic E-state index is 12.6. The van der Waals surface area contributed by atoms with E-state index < -0.39 is 0 Å². The molecule has 0 saturated carbocycles. The van der Waals surface area contributed by atoms with E-state index in [4.69, 9.17) is 0 Å². The van der Waals surface area contributed by atoms with Gasteiger partial charge in [0.15, 0.2) is 0 Å². The Bertz CT molecular complexity index is 696. The summed E-state index contributed by atoms with van der Waals surface area (Å²) in [6, 6.07) is 16.7. The van der Waals surface area contributed by atoms with Crippen LogP contribution in [0.25, 0.3) is 0 Å². The number of fused-ring (bicyclic) bond motifs is 1. The number of nitrogens with zero attached hydrogens (tertiary/aromatic N) is 2. The fourth-order valence-electron chi connectivity index (χ4n) is 3.26. The summed E-state index contributed by atoms with van der Waals surface area (Å²) < 4.78 is 0. The van der Waals surface area contributed by atoms with Crippen molar-refractivity contribution >= 4 is 17.3 Å². The Morgan fingerprint density at radius 1 is 1.17 bits per heavy atom. The number of amides is 1. The van der Waals surface area contributed by atoms with Crippen molar-refractivity contribution in [2.24, 2.45) is 0 Å². The molecule has 2 aromatic carbocycles. The third kappa shape index (κ3) is 3.39. The Labute approximate surface area is 138 Å². The van der Waals surface area contributed by atoms with Crippen LogP contribution >= 0.6 is 0 Å². The van der Waals surface area contributed by atoms with Gasteiger partial charge in [0.05, 0.1) is 0 Å². The summed E-state index contributed by atoms with van der Waals surface area (Å²) in [6.45, 7) is 6.72. The van der Waals surface area contributed by atoms with Crippen LogP contribution in [0.4, 0.5) is 11.4 Å². The zero-order valence-corrected chi connectivity index (χ0v) is 14.0. The molecule has 0 fully saturated rings. The third-order valence-corrected chi connectivity index (χ3v) is 4.53. The number of rotatable bonds is 5. The molecular formula is C20H24N2O. The van der Waals surface area contributed by atoms with Crippen molar-refractivity contribution < 1.29 is 4.79 Å². The van der Waals surface area contributed by atoms with Crippen molar-refractivity contribution in [1.82, 2.24) is 0 Å². The number of benzene rings is 2. The summed E-state index contributed by atoms with van der Waals surface area (Å²) in [5.41, 5.74) is 4.82. The summed E-state index contributed by atoms with van der Waals surface area (Å²) in [5, 5.41) is 0. The number of carbonyl (C=O) groups is 1. The quantitative estimate of drug-likeness (QED) is 0.839. The average Bonchev–Trinajstić information content (AvgIpc) is 2.99.